The molecular weight excluding hydrogens is 302 g/mol. The van der Waals surface area contributed by atoms with Crippen LogP contribution in [0.15, 0.2) is 12.1 Å². The van der Waals surface area contributed by atoms with E-state index in [1.54, 1.807) is 12.1 Å². The molecule has 8 heteroatoms. The van der Waals surface area contributed by atoms with Crippen molar-refractivity contribution in [2.45, 2.75) is 25.6 Å². The number of hydrogen-bond donors (Lipinski definition) is 3. The Bertz CT molecular complexity index is 395. The highest BCUT2D eigenvalue weighted by Gasteiger charge is 2.22. The molecule has 0 aromatic carbocycles. The molecule has 0 aliphatic rings. The van der Waals surface area contributed by atoms with Crippen LogP contribution in [0.2, 0.25) is 10.3 Å². The summed E-state index contributed by atoms with van der Waals surface area (Å²) in [6.07, 6.45) is -1.000. The first-order chi connectivity index (χ1) is 7.90. The van der Waals surface area contributed by atoms with Crippen molar-refractivity contribution in [3.8, 4) is 0 Å². The molecule has 1 heterocycles. The Morgan fingerprint density at radius 2 is 1.94 bits per heavy atom. The number of carboxylic acid groups (broad SMARTS) is 1. The third-order valence-corrected chi connectivity index (χ3v) is 2.48. The predicted molar refractivity (Wildman–Crippen MR) is 71.4 cm³/mol. The summed E-state index contributed by atoms with van der Waals surface area (Å²) in [5, 5.41) is 21.3. The van der Waals surface area contributed by atoms with Gasteiger partial charge < -0.3 is 10.2 Å². The first kappa shape index (κ1) is 17.4. The van der Waals surface area contributed by atoms with Crippen LogP contribution >= 0.6 is 35.6 Å². The molecule has 0 spiro atoms. The van der Waals surface area contributed by atoms with E-state index in [4.69, 9.17) is 28.3 Å². The Labute approximate surface area is 121 Å². The molecule has 0 aliphatic heterocycles. The molecule has 3 N–H and O–H groups in total. The molecule has 0 radical (unpaired) electrons. The molecule has 0 bridgehead atoms. The number of pyridine rings is 1. The Balaban J connectivity index is 0.00000289. The van der Waals surface area contributed by atoms with E-state index in [1.165, 1.54) is 6.92 Å². The largest absolute Gasteiger partial charge is 0.480 e. The van der Waals surface area contributed by atoms with Gasteiger partial charge in [0, 0.05) is 6.54 Å². The van der Waals surface area contributed by atoms with E-state index in [0.29, 0.717) is 5.56 Å². The normalized spacial score (nSPS) is 13.6. The number of nitrogens with one attached hydrogen (secondary N) is 1. The van der Waals surface area contributed by atoms with E-state index in [2.05, 4.69) is 10.3 Å². The molecule has 0 saturated heterocycles. The molecule has 0 amide bonds. The molecular formula is C10H13Cl3N2O3. The van der Waals surface area contributed by atoms with Gasteiger partial charge in [0.1, 0.15) is 16.3 Å². The quantitative estimate of drug-likeness (QED) is 0.721. The van der Waals surface area contributed by atoms with E-state index < -0.39 is 18.1 Å². The van der Waals surface area contributed by atoms with Crippen LogP contribution in [-0.2, 0) is 11.3 Å². The molecule has 0 aliphatic carbocycles. The zero-order valence-electron chi connectivity index (χ0n) is 9.43. The van der Waals surface area contributed by atoms with Crippen LogP contribution in [0.4, 0.5) is 0 Å². The van der Waals surface area contributed by atoms with Crippen LogP contribution in [-0.4, -0.2) is 33.3 Å². The van der Waals surface area contributed by atoms with Crippen LogP contribution < -0.4 is 5.32 Å². The highest BCUT2D eigenvalue weighted by molar-refractivity contribution is 6.32. The minimum Gasteiger partial charge on any atom is -0.480 e. The van der Waals surface area contributed by atoms with Gasteiger partial charge in [-0.25, -0.2) is 4.98 Å². The van der Waals surface area contributed by atoms with Gasteiger partial charge in [-0.1, -0.05) is 23.2 Å². The zero-order valence-corrected chi connectivity index (χ0v) is 11.8. The van der Waals surface area contributed by atoms with Crippen LogP contribution in [0.5, 0.6) is 0 Å². The summed E-state index contributed by atoms with van der Waals surface area (Å²) in [5.74, 6) is -1.12. The number of hydrogen-bond acceptors (Lipinski definition) is 4. The summed E-state index contributed by atoms with van der Waals surface area (Å²) in [6, 6.07) is 2.10. The van der Waals surface area contributed by atoms with Gasteiger partial charge in [-0.3, -0.25) is 10.1 Å². The fourth-order valence-corrected chi connectivity index (χ4v) is 1.81. The molecule has 0 saturated carbocycles. The maximum Gasteiger partial charge on any atom is 0.323 e. The molecule has 0 unspecified atom stereocenters. The molecule has 1 rings (SSSR count). The van der Waals surface area contributed by atoms with Crippen molar-refractivity contribution in [2.24, 2.45) is 0 Å². The third-order valence-electron chi connectivity index (χ3n) is 2.10. The van der Waals surface area contributed by atoms with Crippen molar-refractivity contribution < 1.29 is 15.0 Å². The summed E-state index contributed by atoms with van der Waals surface area (Å²) < 4.78 is 0. The standard InChI is InChI=1S/C10H12Cl2N2O3.ClH/c1-5(15)9(10(16)17)13-4-6-2-7(11)14-8(12)3-6;/h2-3,5,9,13,15H,4H2,1H3,(H,16,17);1H/t5-,9+;/m1./s1. The van der Waals surface area contributed by atoms with Gasteiger partial charge in [0.15, 0.2) is 0 Å². The maximum absolute atomic E-state index is 10.8. The second-order valence-electron chi connectivity index (χ2n) is 3.56. The number of aromatic nitrogens is 1. The molecule has 18 heavy (non-hydrogen) atoms. The first-order valence-corrected chi connectivity index (χ1v) is 5.62. The van der Waals surface area contributed by atoms with Crippen LogP contribution in [0.25, 0.3) is 0 Å². The predicted octanol–water partition coefficient (Wildman–Crippen LogP) is 1.73. The monoisotopic (exact) mass is 314 g/mol. The van der Waals surface area contributed by atoms with Gasteiger partial charge in [0.05, 0.1) is 6.10 Å². The number of aliphatic hydroxyl groups excluding tert-OH is 1. The Kier molecular flexibility index (Phi) is 7.51. The minimum atomic E-state index is -1.12. The lowest BCUT2D eigenvalue weighted by Gasteiger charge is -2.17. The Hall–Kier alpha value is -0.590. The molecule has 102 valence electrons. The SMILES string of the molecule is C[C@@H](O)[C@H](NCc1cc(Cl)nc(Cl)c1)C(=O)O.Cl. The Morgan fingerprint density at radius 3 is 2.33 bits per heavy atom. The average molecular weight is 316 g/mol. The third kappa shape index (κ3) is 5.37. The highest BCUT2D eigenvalue weighted by atomic mass is 35.5. The summed E-state index contributed by atoms with van der Waals surface area (Å²) in [5.41, 5.74) is 0.696. The number of carbonyl (C=O) groups is 1. The van der Waals surface area contributed by atoms with Crippen molar-refractivity contribution in [1.29, 1.82) is 0 Å². The number of carboxylic acids is 1. The van der Waals surface area contributed by atoms with Gasteiger partial charge in [-0.2, -0.15) is 0 Å². The second-order valence-corrected chi connectivity index (χ2v) is 4.33. The van der Waals surface area contributed by atoms with E-state index in [9.17, 15) is 9.90 Å². The lowest BCUT2D eigenvalue weighted by Crippen LogP contribution is -2.44. The number of aliphatic hydroxyl groups is 1. The van der Waals surface area contributed by atoms with E-state index in [1.807, 2.05) is 0 Å². The van der Waals surface area contributed by atoms with Gasteiger partial charge >= 0.3 is 5.97 Å². The topological polar surface area (TPSA) is 82.5 Å². The molecule has 2 atom stereocenters. The number of aliphatic carboxylic acids is 1. The first-order valence-electron chi connectivity index (χ1n) is 4.86. The van der Waals surface area contributed by atoms with Gasteiger partial charge in [-0.15, -0.1) is 12.4 Å². The number of halogens is 3. The zero-order chi connectivity index (χ0) is 13.0. The number of rotatable bonds is 5. The van der Waals surface area contributed by atoms with Gasteiger partial charge in [-0.05, 0) is 24.6 Å². The molecule has 5 nitrogen and oxygen atoms in total. The summed E-state index contributed by atoms with van der Waals surface area (Å²) in [6.45, 7) is 1.63. The smallest absolute Gasteiger partial charge is 0.323 e. The number of nitrogens with zero attached hydrogens (tertiary/aromatic N) is 1. The van der Waals surface area contributed by atoms with Gasteiger partial charge in [0.25, 0.3) is 0 Å². The summed E-state index contributed by atoms with van der Waals surface area (Å²) in [4.78, 5) is 14.6. The van der Waals surface area contributed by atoms with Gasteiger partial charge in [0.2, 0.25) is 0 Å². The molecule has 0 fully saturated rings. The molecule has 1 aromatic heterocycles. The van der Waals surface area contributed by atoms with E-state index in [0.717, 1.165) is 0 Å². The molecule has 1 aromatic rings. The van der Waals surface area contributed by atoms with Crippen LogP contribution in [0.1, 0.15) is 12.5 Å². The Morgan fingerprint density at radius 1 is 1.44 bits per heavy atom. The summed E-state index contributed by atoms with van der Waals surface area (Å²) >= 11 is 11.4. The maximum atomic E-state index is 10.8. The van der Waals surface area contributed by atoms with Crippen molar-refractivity contribution >= 4 is 41.6 Å². The van der Waals surface area contributed by atoms with Crippen molar-refractivity contribution in [2.75, 3.05) is 0 Å². The summed E-state index contributed by atoms with van der Waals surface area (Å²) in [7, 11) is 0. The van der Waals surface area contributed by atoms with Crippen molar-refractivity contribution in [1.82, 2.24) is 10.3 Å². The highest BCUT2D eigenvalue weighted by Crippen LogP contribution is 2.14. The van der Waals surface area contributed by atoms with Crippen molar-refractivity contribution in [3.63, 3.8) is 0 Å². The van der Waals surface area contributed by atoms with Crippen LogP contribution in [0, 0.1) is 0 Å². The van der Waals surface area contributed by atoms with E-state index in [-0.39, 0.29) is 29.3 Å². The minimum absolute atomic E-state index is 0. The van der Waals surface area contributed by atoms with Crippen molar-refractivity contribution in [3.05, 3.63) is 28.0 Å². The lowest BCUT2D eigenvalue weighted by atomic mass is 10.1. The van der Waals surface area contributed by atoms with Crippen LogP contribution in [0.3, 0.4) is 0 Å². The van der Waals surface area contributed by atoms with E-state index >= 15 is 0 Å². The lowest BCUT2D eigenvalue weighted by molar-refractivity contribution is -0.142. The fourth-order valence-electron chi connectivity index (χ4n) is 1.31. The second kappa shape index (κ2) is 7.76. The fraction of sp³-hybridized carbons (Fsp3) is 0.400. The average Bonchev–Trinajstić information content (AvgIpc) is 2.14.